The van der Waals surface area contributed by atoms with Crippen LogP contribution in [0.25, 0.3) is 22.3 Å². The Morgan fingerprint density at radius 2 is 2.10 bits per heavy atom. The Morgan fingerprint density at radius 1 is 1.24 bits per heavy atom. The van der Waals surface area contributed by atoms with Crippen molar-refractivity contribution >= 4 is 17.0 Å². The minimum absolute atomic E-state index is 0.254. The summed E-state index contributed by atoms with van der Waals surface area (Å²) in [5.41, 5.74) is 9.11. The van der Waals surface area contributed by atoms with Crippen molar-refractivity contribution in [2.75, 3.05) is 5.73 Å². The molecule has 0 aliphatic heterocycles. The van der Waals surface area contributed by atoms with Gasteiger partial charge < -0.3 is 10.7 Å². The van der Waals surface area contributed by atoms with Gasteiger partial charge in [-0.1, -0.05) is 18.8 Å². The van der Waals surface area contributed by atoms with Gasteiger partial charge >= 0.3 is 0 Å². The first-order valence-corrected chi connectivity index (χ1v) is 6.83. The molecule has 3 aromatic rings. The van der Waals surface area contributed by atoms with Crippen LogP contribution in [0.5, 0.6) is 0 Å². The largest absolute Gasteiger partial charge is 0.368 e. The lowest BCUT2D eigenvalue weighted by molar-refractivity contribution is 0.983. The van der Waals surface area contributed by atoms with E-state index >= 15 is 0 Å². The van der Waals surface area contributed by atoms with Gasteiger partial charge in [0.2, 0.25) is 5.95 Å². The molecule has 104 valence electrons. The van der Waals surface area contributed by atoms with E-state index in [1.54, 1.807) is 12.4 Å². The lowest BCUT2D eigenvalue weighted by atomic mass is 10.1. The maximum atomic E-state index is 5.67. The van der Waals surface area contributed by atoms with Gasteiger partial charge in [-0.15, -0.1) is 0 Å². The van der Waals surface area contributed by atoms with Gasteiger partial charge in [0.15, 0.2) is 0 Å². The highest BCUT2D eigenvalue weighted by Crippen LogP contribution is 2.28. The van der Waals surface area contributed by atoms with Gasteiger partial charge in [-0.3, -0.25) is 0 Å². The molecule has 5 nitrogen and oxygen atoms in total. The van der Waals surface area contributed by atoms with Crippen LogP contribution in [0.4, 0.5) is 5.95 Å². The number of rotatable bonds is 2. The van der Waals surface area contributed by atoms with E-state index in [1.807, 2.05) is 18.3 Å². The van der Waals surface area contributed by atoms with Crippen molar-refractivity contribution in [3.8, 4) is 23.1 Å². The minimum atomic E-state index is 0.254. The summed E-state index contributed by atoms with van der Waals surface area (Å²) < 4.78 is 0. The standard InChI is InChI=1S/C16H15N5/c1-2-3-4-5-11-6-8-18-15-14(11)12(10-20-15)13-7-9-19-16(17)21-13/h6-10H,2-3H2,1H3,(H,18,20)(H2,17,19,21). The predicted octanol–water partition coefficient (Wildman–Crippen LogP) is 2.75. The molecule has 0 fully saturated rings. The molecule has 3 N–H and O–H groups in total. The zero-order valence-electron chi connectivity index (χ0n) is 11.7. The van der Waals surface area contributed by atoms with Crippen molar-refractivity contribution in [2.45, 2.75) is 19.8 Å². The van der Waals surface area contributed by atoms with E-state index in [0.29, 0.717) is 0 Å². The summed E-state index contributed by atoms with van der Waals surface area (Å²) in [5.74, 6) is 6.64. The van der Waals surface area contributed by atoms with Crippen molar-refractivity contribution in [1.29, 1.82) is 0 Å². The third-order valence-electron chi connectivity index (χ3n) is 3.12. The number of fused-ring (bicyclic) bond motifs is 1. The zero-order chi connectivity index (χ0) is 14.7. The van der Waals surface area contributed by atoms with Gasteiger partial charge in [0.25, 0.3) is 0 Å². The third kappa shape index (κ3) is 2.56. The summed E-state index contributed by atoms with van der Waals surface area (Å²) in [6, 6.07) is 3.75. The quantitative estimate of drug-likeness (QED) is 0.706. The molecule has 0 spiro atoms. The van der Waals surface area contributed by atoms with Crippen molar-refractivity contribution in [2.24, 2.45) is 0 Å². The number of unbranched alkanes of at least 4 members (excludes halogenated alkanes) is 1. The highest BCUT2D eigenvalue weighted by atomic mass is 15.0. The second-order valence-corrected chi connectivity index (χ2v) is 4.64. The molecule has 0 aromatic carbocycles. The van der Waals surface area contributed by atoms with Crippen LogP contribution in [0.3, 0.4) is 0 Å². The maximum Gasteiger partial charge on any atom is 0.220 e. The molecule has 0 aliphatic rings. The summed E-state index contributed by atoms with van der Waals surface area (Å²) >= 11 is 0. The molecule has 5 heteroatoms. The number of nitrogen functional groups attached to an aromatic ring is 1. The van der Waals surface area contributed by atoms with Crippen molar-refractivity contribution in [3.63, 3.8) is 0 Å². The number of hydrogen-bond donors (Lipinski definition) is 2. The molecule has 0 amide bonds. The number of anilines is 1. The number of nitrogens with one attached hydrogen (secondary N) is 1. The lowest BCUT2D eigenvalue weighted by Gasteiger charge is -2.01. The van der Waals surface area contributed by atoms with Crippen LogP contribution >= 0.6 is 0 Å². The highest BCUT2D eigenvalue weighted by molar-refractivity contribution is 5.96. The Bertz CT molecular complexity index is 838. The van der Waals surface area contributed by atoms with E-state index in [4.69, 9.17) is 5.73 Å². The normalized spacial score (nSPS) is 10.3. The Morgan fingerprint density at radius 3 is 2.90 bits per heavy atom. The number of nitrogens with zero attached hydrogens (tertiary/aromatic N) is 3. The smallest absolute Gasteiger partial charge is 0.220 e. The topological polar surface area (TPSA) is 80.5 Å². The van der Waals surface area contributed by atoms with Crippen LogP contribution in [0.2, 0.25) is 0 Å². The van der Waals surface area contributed by atoms with Gasteiger partial charge in [-0.25, -0.2) is 15.0 Å². The first-order valence-electron chi connectivity index (χ1n) is 6.83. The van der Waals surface area contributed by atoms with Crippen LogP contribution in [-0.2, 0) is 0 Å². The second kappa shape index (κ2) is 5.63. The Balaban J connectivity index is 2.19. The SMILES string of the molecule is CCCC#Cc1ccnc2[nH]cc(-c3ccnc(N)n3)c12. The van der Waals surface area contributed by atoms with E-state index in [2.05, 4.69) is 38.7 Å². The molecule has 3 heterocycles. The molecule has 0 aliphatic carbocycles. The summed E-state index contributed by atoms with van der Waals surface area (Å²) in [5, 5.41) is 0.971. The Hall–Kier alpha value is -2.87. The van der Waals surface area contributed by atoms with Gasteiger partial charge in [0, 0.05) is 41.5 Å². The molecule has 0 saturated heterocycles. The van der Waals surface area contributed by atoms with Crippen LogP contribution in [-0.4, -0.2) is 19.9 Å². The van der Waals surface area contributed by atoms with Gasteiger partial charge in [-0.2, -0.15) is 0 Å². The van der Waals surface area contributed by atoms with E-state index in [-0.39, 0.29) is 5.95 Å². The molecule has 0 atom stereocenters. The summed E-state index contributed by atoms with van der Waals surface area (Å²) in [4.78, 5) is 15.7. The summed E-state index contributed by atoms with van der Waals surface area (Å²) in [7, 11) is 0. The van der Waals surface area contributed by atoms with Crippen LogP contribution in [0, 0.1) is 11.8 Å². The first-order chi connectivity index (χ1) is 10.3. The number of H-pyrrole nitrogens is 1. The molecule has 0 saturated carbocycles. The van der Waals surface area contributed by atoms with Crippen LogP contribution in [0.1, 0.15) is 25.3 Å². The van der Waals surface area contributed by atoms with E-state index in [1.165, 1.54) is 0 Å². The number of aromatic nitrogens is 4. The van der Waals surface area contributed by atoms with E-state index in [9.17, 15) is 0 Å². The summed E-state index contributed by atoms with van der Waals surface area (Å²) in [6.07, 6.45) is 7.21. The highest BCUT2D eigenvalue weighted by Gasteiger charge is 2.11. The van der Waals surface area contributed by atoms with Crippen LogP contribution in [0.15, 0.2) is 30.7 Å². The van der Waals surface area contributed by atoms with E-state index in [0.717, 1.165) is 40.7 Å². The minimum Gasteiger partial charge on any atom is -0.368 e. The molecule has 0 unspecified atom stereocenters. The number of pyridine rings is 1. The number of hydrogen-bond acceptors (Lipinski definition) is 4. The fraction of sp³-hybridized carbons (Fsp3) is 0.188. The maximum absolute atomic E-state index is 5.67. The van der Waals surface area contributed by atoms with Crippen molar-refractivity contribution in [1.82, 2.24) is 19.9 Å². The zero-order valence-corrected chi connectivity index (χ0v) is 11.7. The number of aromatic amines is 1. The Labute approximate surface area is 122 Å². The predicted molar refractivity (Wildman–Crippen MR) is 83.3 cm³/mol. The molecular formula is C16H15N5. The van der Waals surface area contributed by atoms with Gasteiger partial charge in [0.1, 0.15) is 5.65 Å². The molecule has 0 bridgehead atoms. The van der Waals surface area contributed by atoms with Gasteiger partial charge in [0.05, 0.1) is 5.69 Å². The number of nitrogens with two attached hydrogens (primary N) is 1. The fourth-order valence-electron chi connectivity index (χ4n) is 2.17. The molecular weight excluding hydrogens is 262 g/mol. The second-order valence-electron chi connectivity index (χ2n) is 4.64. The molecule has 3 aromatic heterocycles. The fourth-order valence-corrected chi connectivity index (χ4v) is 2.17. The average Bonchev–Trinajstić information content (AvgIpc) is 2.92. The molecule has 3 rings (SSSR count). The first kappa shape index (κ1) is 13.1. The average molecular weight is 277 g/mol. The summed E-state index contributed by atoms with van der Waals surface area (Å²) in [6.45, 7) is 2.11. The van der Waals surface area contributed by atoms with Crippen LogP contribution < -0.4 is 5.73 Å². The molecule has 0 radical (unpaired) electrons. The monoisotopic (exact) mass is 277 g/mol. The Kier molecular flexibility index (Phi) is 3.52. The lowest BCUT2D eigenvalue weighted by Crippen LogP contribution is -1.95. The van der Waals surface area contributed by atoms with Crippen molar-refractivity contribution in [3.05, 3.63) is 36.3 Å². The third-order valence-corrected chi connectivity index (χ3v) is 3.12. The van der Waals surface area contributed by atoms with E-state index < -0.39 is 0 Å². The molecule has 21 heavy (non-hydrogen) atoms. The van der Waals surface area contributed by atoms with Crippen molar-refractivity contribution < 1.29 is 0 Å². The van der Waals surface area contributed by atoms with Gasteiger partial charge in [-0.05, 0) is 18.6 Å².